The molecule has 0 spiro atoms. The van der Waals surface area contributed by atoms with Crippen molar-refractivity contribution in [3.8, 4) is 0 Å². The summed E-state index contributed by atoms with van der Waals surface area (Å²) in [6.07, 6.45) is 1.68. The summed E-state index contributed by atoms with van der Waals surface area (Å²) in [5.41, 5.74) is 2.53. The monoisotopic (exact) mass is 471 g/mol. The van der Waals surface area contributed by atoms with E-state index in [2.05, 4.69) is 20.5 Å². The van der Waals surface area contributed by atoms with Crippen molar-refractivity contribution in [1.82, 2.24) is 15.3 Å². The predicted octanol–water partition coefficient (Wildman–Crippen LogP) is 3.29. The van der Waals surface area contributed by atoms with Crippen LogP contribution in [0.4, 0.5) is 20.3 Å². The second-order valence-corrected chi connectivity index (χ2v) is 8.03. The molecule has 1 aliphatic heterocycles. The number of carbonyl (C=O) groups is 1. The van der Waals surface area contributed by atoms with E-state index in [0.717, 1.165) is 6.07 Å². The second-order valence-electron chi connectivity index (χ2n) is 8.03. The lowest BCUT2D eigenvalue weighted by molar-refractivity contribution is 0.0937. The standard InChI is InChI=1S/C24H27F2N5O3/c1-15(29-19-12-17(25)11-18(26)13-19)20-9-16(24(32)27-3-6-33-2)10-21-23(20)30-22(14-28-21)31-4-7-34-8-5-31/h9-15,29H,3-8H2,1-2H3,(H,27,32). The molecule has 2 N–H and O–H groups in total. The third kappa shape index (κ3) is 5.57. The Morgan fingerprint density at radius 2 is 1.91 bits per heavy atom. The maximum atomic E-state index is 13.7. The molecule has 1 aliphatic rings. The number of benzene rings is 2. The molecule has 1 saturated heterocycles. The molecule has 3 aromatic rings. The number of nitrogens with zero attached hydrogens (tertiary/aromatic N) is 3. The summed E-state index contributed by atoms with van der Waals surface area (Å²) in [7, 11) is 1.56. The predicted molar refractivity (Wildman–Crippen MR) is 125 cm³/mol. The normalized spacial score (nSPS) is 14.8. The van der Waals surface area contributed by atoms with Crippen LogP contribution < -0.4 is 15.5 Å². The molecule has 0 radical (unpaired) electrons. The molecular formula is C24H27F2N5O3. The van der Waals surface area contributed by atoms with E-state index in [0.29, 0.717) is 67.4 Å². The minimum Gasteiger partial charge on any atom is -0.383 e. The van der Waals surface area contributed by atoms with E-state index < -0.39 is 17.7 Å². The van der Waals surface area contributed by atoms with E-state index in [1.54, 1.807) is 25.4 Å². The first-order chi connectivity index (χ1) is 16.4. The molecule has 1 atom stereocenters. The molecule has 4 rings (SSSR count). The molecular weight excluding hydrogens is 444 g/mol. The number of anilines is 2. The van der Waals surface area contributed by atoms with E-state index in [1.807, 2.05) is 6.92 Å². The fraction of sp³-hybridized carbons (Fsp3) is 0.375. The zero-order valence-corrected chi connectivity index (χ0v) is 19.1. The highest BCUT2D eigenvalue weighted by Crippen LogP contribution is 2.29. The molecule has 1 unspecified atom stereocenters. The van der Waals surface area contributed by atoms with Crippen LogP contribution in [0.25, 0.3) is 11.0 Å². The number of hydrogen-bond acceptors (Lipinski definition) is 7. The molecule has 10 heteroatoms. The quantitative estimate of drug-likeness (QED) is 0.488. The lowest BCUT2D eigenvalue weighted by Crippen LogP contribution is -2.36. The fourth-order valence-electron chi connectivity index (χ4n) is 3.87. The van der Waals surface area contributed by atoms with E-state index in [-0.39, 0.29) is 11.6 Å². The van der Waals surface area contributed by atoms with E-state index in [9.17, 15) is 13.6 Å². The molecule has 34 heavy (non-hydrogen) atoms. The maximum absolute atomic E-state index is 13.7. The number of nitrogens with one attached hydrogen (secondary N) is 2. The molecule has 1 aromatic heterocycles. The number of methoxy groups -OCH3 is 1. The first-order valence-corrected chi connectivity index (χ1v) is 11.1. The van der Waals surface area contributed by atoms with Crippen LogP contribution in [0, 0.1) is 11.6 Å². The minimum absolute atomic E-state index is 0.275. The van der Waals surface area contributed by atoms with Crippen LogP contribution in [0.3, 0.4) is 0 Å². The van der Waals surface area contributed by atoms with Crippen molar-refractivity contribution in [3.63, 3.8) is 0 Å². The van der Waals surface area contributed by atoms with Gasteiger partial charge in [-0.05, 0) is 31.2 Å². The molecule has 2 aromatic carbocycles. The minimum atomic E-state index is -0.680. The van der Waals surface area contributed by atoms with Gasteiger partial charge in [-0.2, -0.15) is 0 Å². The van der Waals surface area contributed by atoms with Crippen molar-refractivity contribution < 1.29 is 23.0 Å². The van der Waals surface area contributed by atoms with Crippen molar-refractivity contribution in [3.05, 3.63) is 59.3 Å². The smallest absolute Gasteiger partial charge is 0.251 e. The summed E-state index contributed by atoms with van der Waals surface area (Å²) >= 11 is 0. The SMILES string of the molecule is COCCNC(=O)c1cc(C(C)Nc2cc(F)cc(F)c2)c2nc(N3CCOCC3)cnc2c1. The van der Waals surface area contributed by atoms with Crippen molar-refractivity contribution in [1.29, 1.82) is 0 Å². The van der Waals surface area contributed by atoms with Gasteiger partial charge in [0.15, 0.2) is 0 Å². The van der Waals surface area contributed by atoms with Gasteiger partial charge in [0.2, 0.25) is 0 Å². The highest BCUT2D eigenvalue weighted by atomic mass is 19.1. The average molecular weight is 472 g/mol. The van der Waals surface area contributed by atoms with E-state index in [4.69, 9.17) is 14.5 Å². The van der Waals surface area contributed by atoms with Gasteiger partial charge in [0.1, 0.15) is 17.5 Å². The van der Waals surface area contributed by atoms with E-state index >= 15 is 0 Å². The van der Waals surface area contributed by atoms with Crippen LogP contribution in [0.5, 0.6) is 0 Å². The summed E-state index contributed by atoms with van der Waals surface area (Å²) in [5.74, 6) is -0.929. The van der Waals surface area contributed by atoms with Gasteiger partial charge in [0.05, 0.1) is 43.1 Å². The number of aromatic nitrogens is 2. The van der Waals surface area contributed by atoms with Gasteiger partial charge in [-0.3, -0.25) is 9.78 Å². The number of ether oxygens (including phenoxy) is 2. The highest BCUT2D eigenvalue weighted by molar-refractivity contribution is 5.98. The topological polar surface area (TPSA) is 88.6 Å². The van der Waals surface area contributed by atoms with Gasteiger partial charge in [0.25, 0.3) is 5.91 Å². The third-order valence-corrected chi connectivity index (χ3v) is 5.57. The van der Waals surface area contributed by atoms with Crippen LogP contribution in [-0.4, -0.2) is 62.4 Å². The zero-order chi connectivity index (χ0) is 24.1. The summed E-state index contributed by atoms with van der Waals surface area (Å²) in [4.78, 5) is 24.2. The van der Waals surface area contributed by atoms with Crippen molar-refractivity contribution in [2.24, 2.45) is 0 Å². The lowest BCUT2D eigenvalue weighted by Gasteiger charge is -2.28. The third-order valence-electron chi connectivity index (χ3n) is 5.57. The van der Waals surface area contributed by atoms with Crippen LogP contribution in [-0.2, 0) is 9.47 Å². The molecule has 180 valence electrons. The average Bonchev–Trinajstić information content (AvgIpc) is 2.83. The molecule has 1 fully saturated rings. The molecule has 0 bridgehead atoms. The molecule has 2 heterocycles. The van der Waals surface area contributed by atoms with Crippen molar-refractivity contribution in [2.75, 3.05) is 56.8 Å². The number of hydrogen-bond donors (Lipinski definition) is 2. The van der Waals surface area contributed by atoms with Gasteiger partial charge in [0, 0.05) is 49.6 Å². The Kier molecular flexibility index (Phi) is 7.49. The Hall–Kier alpha value is -3.37. The van der Waals surface area contributed by atoms with Crippen LogP contribution >= 0.6 is 0 Å². The Morgan fingerprint density at radius 1 is 1.18 bits per heavy atom. The van der Waals surface area contributed by atoms with Crippen LogP contribution in [0.2, 0.25) is 0 Å². The number of morpholine rings is 1. The zero-order valence-electron chi connectivity index (χ0n) is 19.1. The second kappa shape index (κ2) is 10.7. The molecule has 1 amide bonds. The summed E-state index contributed by atoms with van der Waals surface area (Å²) in [6, 6.07) is 6.24. The summed E-state index contributed by atoms with van der Waals surface area (Å²) in [6.45, 7) is 5.20. The number of fused-ring (bicyclic) bond motifs is 1. The van der Waals surface area contributed by atoms with Gasteiger partial charge in [-0.1, -0.05) is 0 Å². The molecule has 0 aliphatic carbocycles. The summed E-state index contributed by atoms with van der Waals surface area (Å²) in [5, 5.41) is 5.92. The molecule has 0 saturated carbocycles. The number of halogens is 2. The van der Waals surface area contributed by atoms with Crippen LogP contribution in [0.1, 0.15) is 28.9 Å². The Morgan fingerprint density at radius 3 is 2.62 bits per heavy atom. The van der Waals surface area contributed by atoms with Gasteiger partial charge < -0.3 is 25.0 Å². The highest BCUT2D eigenvalue weighted by Gasteiger charge is 2.20. The number of carbonyl (C=O) groups excluding carboxylic acids is 1. The van der Waals surface area contributed by atoms with Crippen molar-refractivity contribution in [2.45, 2.75) is 13.0 Å². The lowest BCUT2D eigenvalue weighted by atomic mass is 10.0. The first-order valence-electron chi connectivity index (χ1n) is 11.1. The van der Waals surface area contributed by atoms with Gasteiger partial charge in [-0.15, -0.1) is 0 Å². The van der Waals surface area contributed by atoms with Gasteiger partial charge >= 0.3 is 0 Å². The van der Waals surface area contributed by atoms with Crippen molar-refractivity contribution >= 4 is 28.4 Å². The summed E-state index contributed by atoms with van der Waals surface area (Å²) < 4.78 is 37.9. The number of amides is 1. The number of rotatable bonds is 8. The maximum Gasteiger partial charge on any atom is 0.251 e. The Balaban J connectivity index is 1.73. The van der Waals surface area contributed by atoms with E-state index in [1.165, 1.54) is 12.1 Å². The van der Waals surface area contributed by atoms with Gasteiger partial charge in [-0.25, -0.2) is 13.8 Å². The fourth-order valence-corrected chi connectivity index (χ4v) is 3.87. The van der Waals surface area contributed by atoms with Crippen LogP contribution in [0.15, 0.2) is 36.5 Å². The Labute approximate surface area is 196 Å². The largest absolute Gasteiger partial charge is 0.383 e. The first kappa shape index (κ1) is 23.8. The Bertz CT molecular complexity index is 1150. The molecule has 8 nitrogen and oxygen atoms in total.